The van der Waals surface area contributed by atoms with E-state index in [-0.39, 0.29) is 6.04 Å². The van der Waals surface area contributed by atoms with Gasteiger partial charge in [0.05, 0.1) is 0 Å². The van der Waals surface area contributed by atoms with Crippen molar-refractivity contribution in [2.24, 2.45) is 5.73 Å². The minimum Gasteiger partial charge on any atom is -0.454 e. The van der Waals surface area contributed by atoms with Crippen molar-refractivity contribution in [3.8, 4) is 11.5 Å². The van der Waals surface area contributed by atoms with Gasteiger partial charge >= 0.3 is 0 Å². The van der Waals surface area contributed by atoms with Crippen LogP contribution in [0.5, 0.6) is 11.5 Å². The molecule has 1 atom stereocenters. The fourth-order valence-corrected chi connectivity index (χ4v) is 1.76. The van der Waals surface area contributed by atoms with Crippen molar-refractivity contribution < 1.29 is 9.47 Å². The van der Waals surface area contributed by atoms with Gasteiger partial charge in [-0.3, -0.25) is 0 Å². The molecule has 4 heteroatoms. The van der Waals surface area contributed by atoms with Crippen molar-refractivity contribution >= 4 is 0 Å². The van der Waals surface area contributed by atoms with Gasteiger partial charge in [-0.05, 0) is 24.6 Å². The van der Waals surface area contributed by atoms with Crippen molar-refractivity contribution in [1.82, 2.24) is 5.32 Å². The fourth-order valence-electron chi connectivity index (χ4n) is 1.76. The summed E-state index contributed by atoms with van der Waals surface area (Å²) in [5.74, 6) is 1.59. The Bertz CT molecular complexity index is 418. The van der Waals surface area contributed by atoms with Gasteiger partial charge in [0.25, 0.3) is 0 Å². The second-order valence-corrected chi connectivity index (χ2v) is 4.24. The lowest BCUT2D eigenvalue weighted by Crippen LogP contribution is -2.29. The lowest BCUT2D eigenvalue weighted by molar-refractivity contribution is 0.174. The van der Waals surface area contributed by atoms with E-state index in [2.05, 4.69) is 11.9 Å². The SMILES string of the molecule is C=C(C)CNC(CN)c1ccc2c(c1)OCO2. The van der Waals surface area contributed by atoms with Crippen LogP contribution in [0.2, 0.25) is 0 Å². The minimum absolute atomic E-state index is 0.112. The van der Waals surface area contributed by atoms with Gasteiger partial charge in [-0.15, -0.1) is 0 Å². The number of hydrogen-bond donors (Lipinski definition) is 2. The Labute approximate surface area is 101 Å². The molecule has 0 radical (unpaired) electrons. The summed E-state index contributed by atoms with van der Waals surface area (Å²) in [5, 5.41) is 3.36. The number of nitrogens with two attached hydrogens (primary N) is 1. The molecule has 1 aliphatic heterocycles. The molecule has 4 nitrogen and oxygen atoms in total. The summed E-state index contributed by atoms with van der Waals surface area (Å²) >= 11 is 0. The van der Waals surface area contributed by atoms with Crippen LogP contribution in [0.15, 0.2) is 30.4 Å². The normalized spacial score (nSPS) is 14.7. The number of rotatable bonds is 5. The maximum absolute atomic E-state index is 5.77. The Balaban J connectivity index is 2.11. The Hall–Kier alpha value is -1.52. The monoisotopic (exact) mass is 234 g/mol. The van der Waals surface area contributed by atoms with Crippen LogP contribution < -0.4 is 20.5 Å². The van der Waals surface area contributed by atoms with Gasteiger partial charge in [-0.1, -0.05) is 18.2 Å². The molecule has 1 unspecified atom stereocenters. The smallest absolute Gasteiger partial charge is 0.231 e. The van der Waals surface area contributed by atoms with Gasteiger partial charge in [-0.25, -0.2) is 0 Å². The molecule has 2 rings (SSSR count). The van der Waals surface area contributed by atoms with E-state index in [9.17, 15) is 0 Å². The summed E-state index contributed by atoms with van der Waals surface area (Å²) in [4.78, 5) is 0. The van der Waals surface area contributed by atoms with E-state index in [1.54, 1.807) is 0 Å². The number of ether oxygens (including phenoxy) is 2. The van der Waals surface area contributed by atoms with Gasteiger partial charge in [-0.2, -0.15) is 0 Å². The first-order chi connectivity index (χ1) is 8.20. The molecule has 0 saturated heterocycles. The van der Waals surface area contributed by atoms with Crippen LogP contribution in [0.3, 0.4) is 0 Å². The van der Waals surface area contributed by atoms with Crippen LogP contribution in [0.1, 0.15) is 18.5 Å². The summed E-state index contributed by atoms with van der Waals surface area (Å²) in [5.41, 5.74) is 7.97. The van der Waals surface area contributed by atoms with E-state index >= 15 is 0 Å². The van der Waals surface area contributed by atoms with Crippen LogP contribution in [-0.2, 0) is 0 Å². The number of nitrogens with one attached hydrogen (secondary N) is 1. The van der Waals surface area contributed by atoms with Crippen LogP contribution >= 0.6 is 0 Å². The summed E-state index contributed by atoms with van der Waals surface area (Å²) in [7, 11) is 0. The van der Waals surface area contributed by atoms with Gasteiger partial charge in [0.15, 0.2) is 11.5 Å². The molecule has 0 spiro atoms. The molecule has 1 aromatic rings. The Morgan fingerprint density at radius 2 is 2.24 bits per heavy atom. The molecule has 0 bridgehead atoms. The van der Waals surface area contributed by atoms with Crippen molar-refractivity contribution in [2.75, 3.05) is 19.9 Å². The van der Waals surface area contributed by atoms with E-state index in [1.165, 1.54) is 0 Å². The van der Waals surface area contributed by atoms with Gasteiger partial charge < -0.3 is 20.5 Å². The van der Waals surface area contributed by atoms with E-state index in [4.69, 9.17) is 15.2 Å². The Morgan fingerprint density at radius 1 is 1.47 bits per heavy atom. The molecule has 17 heavy (non-hydrogen) atoms. The lowest BCUT2D eigenvalue weighted by Gasteiger charge is -2.17. The molecule has 1 heterocycles. The standard InChI is InChI=1S/C13H18N2O2/c1-9(2)7-15-11(6-14)10-3-4-12-13(5-10)17-8-16-12/h3-5,11,15H,1,6-8,14H2,2H3. The highest BCUT2D eigenvalue weighted by molar-refractivity contribution is 5.45. The van der Waals surface area contributed by atoms with Crippen molar-refractivity contribution in [3.63, 3.8) is 0 Å². The number of hydrogen-bond acceptors (Lipinski definition) is 4. The van der Waals surface area contributed by atoms with Crippen LogP contribution in [0.4, 0.5) is 0 Å². The molecule has 92 valence electrons. The molecule has 0 aromatic heterocycles. The third-order valence-corrected chi connectivity index (χ3v) is 2.68. The third kappa shape index (κ3) is 2.78. The molecule has 3 N–H and O–H groups in total. The van der Waals surface area contributed by atoms with Gasteiger partial charge in [0, 0.05) is 19.1 Å². The molecule has 1 aliphatic rings. The van der Waals surface area contributed by atoms with E-state index < -0.39 is 0 Å². The summed E-state index contributed by atoms with van der Waals surface area (Å²) in [6.45, 7) is 7.44. The lowest BCUT2D eigenvalue weighted by atomic mass is 10.1. The zero-order valence-electron chi connectivity index (χ0n) is 10.0. The maximum Gasteiger partial charge on any atom is 0.231 e. The second-order valence-electron chi connectivity index (χ2n) is 4.24. The quantitative estimate of drug-likeness (QED) is 0.759. The van der Waals surface area contributed by atoms with E-state index in [0.29, 0.717) is 13.3 Å². The van der Waals surface area contributed by atoms with Crippen LogP contribution in [0.25, 0.3) is 0 Å². The number of fused-ring (bicyclic) bond motifs is 1. The predicted octanol–water partition coefficient (Wildman–Crippen LogP) is 1.58. The Kier molecular flexibility index (Phi) is 3.66. The largest absolute Gasteiger partial charge is 0.454 e. The molecular formula is C13H18N2O2. The highest BCUT2D eigenvalue weighted by atomic mass is 16.7. The van der Waals surface area contributed by atoms with E-state index in [1.807, 2.05) is 25.1 Å². The molecule has 0 aliphatic carbocycles. The fraction of sp³-hybridized carbons (Fsp3) is 0.385. The summed E-state index contributed by atoms with van der Waals surface area (Å²) < 4.78 is 10.6. The van der Waals surface area contributed by atoms with Crippen LogP contribution in [0, 0.1) is 0 Å². The third-order valence-electron chi connectivity index (χ3n) is 2.68. The van der Waals surface area contributed by atoms with Crippen LogP contribution in [-0.4, -0.2) is 19.9 Å². The zero-order chi connectivity index (χ0) is 12.3. The minimum atomic E-state index is 0.112. The molecule has 0 fully saturated rings. The summed E-state index contributed by atoms with van der Waals surface area (Å²) in [6.07, 6.45) is 0. The molecule has 0 amide bonds. The van der Waals surface area contributed by atoms with E-state index in [0.717, 1.165) is 29.2 Å². The topological polar surface area (TPSA) is 56.5 Å². The first-order valence-corrected chi connectivity index (χ1v) is 5.68. The van der Waals surface area contributed by atoms with Crippen molar-refractivity contribution in [3.05, 3.63) is 35.9 Å². The van der Waals surface area contributed by atoms with Crippen molar-refractivity contribution in [2.45, 2.75) is 13.0 Å². The molecular weight excluding hydrogens is 216 g/mol. The van der Waals surface area contributed by atoms with Crippen molar-refractivity contribution in [1.29, 1.82) is 0 Å². The first kappa shape index (κ1) is 12.0. The Morgan fingerprint density at radius 3 is 2.94 bits per heavy atom. The van der Waals surface area contributed by atoms with Gasteiger partial charge in [0.2, 0.25) is 6.79 Å². The zero-order valence-corrected chi connectivity index (χ0v) is 10.0. The molecule has 1 aromatic carbocycles. The number of benzene rings is 1. The average molecular weight is 234 g/mol. The van der Waals surface area contributed by atoms with Gasteiger partial charge in [0.1, 0.15) is 0 Å². The second kappa shape index (κ2) is 5.21. The highest BCUT2D eigenvalue weighted by Crippen LogP contribution is 2.33. The first-order valence-electron chi connectivity index (χ1n) is 5.68. The highest BCUT2D eigenvalue weighted by Gasteiger charge is 2.16. The summed E-state index contributed by atoms with van der Waals surface area (Å²) in [6, 6.07) is 6.02. The molecule has 0 saturated carbocycles. The predicted molar refractivity (Wildman–Crippen MR) is 67.2 cm³/mol. The average Bonchev–Trinajstić information content (AvgIpc) is 2.76. The maximum atomic E-state index is 5.77.